The first-order valence-electron chi connectivity index (χ1n) is 7.16. The quantitative estimate of drug-likeness (QED) is 0.763. The lowest BCUT2D eigenvalue weighted by atomic mass is 10.1. The van der Waals surface area contributed by atoms with Crippen LogP contribution >= 0.6 is 0 Å². The molecule has 2 aromatic rings. The van der Waals surface area contributed by atoms with Crippen LogP contribution in [0.5, 0.6) is 0 Å². The van der Waals surface area contributed by atoms with Crippen LogP contribution in [0.3, 0.4) is 0 Å². The predicted octanol–water partition coefficient (Wildman–Crippen LogP) is 2.59. The number of esters is 1. The maximum atomic E-state index is 11.9. The number of aromatic nitrogens is 3. The Hall–Kier alpha value is -2.30. The van der Waals surface area contributed by atoms with E-state index in [0.717, 1.165) is 24.2 Å². The van der Waals surface area contributed by atoms with Gasteiger partial charge in [0.2, 0.25) is 0 Å². The fourth-order valence-corrected chi connectivity index (χ4v) is 2.02. The van der Waals surface area contributed by atoms with Gasteiger partial charge in [-0.05, 0) is 25.5 Å². The van der Waals surface area contributed by atoms with Crippen molar-refractivity contribution < 1.29 is 9.53 Å². The average Bonchev–Trinajstić information content (AvgIpc) is 2.49. The minimum atomic E-state index is -0.356. The summed E-state index contributed by atoms with van der Waals surface area (Å²) in [5.74, 6) is 0.315. The Balaban J connectivity index is 2.25. The molecule has 5 nitrogen and oxygen atoms in total. The molecule has 0 amide bonds. The van der Waals surface area contributed by atoms with Gasteiger partial charge in [0.15, 0.2) is 0 Å². The van der Waals surface area contributed by atoms with Crippen molar-refractivity contribution >= 4 is 5.97 Å². The zero-order valence-electron chi connectivity index (χ0n) is 12.4. The molecule has 0 radical (unpaired) electrons. The van der Waals surface area contributed by atoms with E-state index < -0.39 is 0 Å². The number of nitrogens with zero attached hydrogens (tertiary/aromatic N) is 3. The SMILES string of the molecule is CCCc1nc(Cc2ccccn2)ncc1C(=O)OCC. The number of pyridine rings is 1. The minimum Gasteiger partial charge on any atom is -0.462 e. The number of hydrogen-bond acceptors (Lipinski definition) is 5. The van der Waals surface area contributed by atoms with E-state index in [4.69, 9.17) is 4.74 Å². The lowest BCUT2D eigenvalue weighted by Crippen LogP contribution is -2.12. The summed E-state index contributed by atoms with van der Waals surface area (Å²) in [7, 11) is 0. The third-order valence-electron chi connectivity index (χ3n) is 2.97. The Labute approximate surface area is 124 Å². The van der Waals surface area contributed by atoms with Crippen molar-refractivity contribution in [2.75, 3.05) is 6.61 Å². The van der Waals surface area contributed by atoms with E-state index in [-0.39, 0.29) is 5.97 Å². The van der Waals surface area contributed by atoms with Gasteiger partial charge in [-0.1, -0.05) is 19.4 Å². The maximum Gasteiger partial charge on any atom is 0.341 e. The smallest absolute Gasteiger partial charge is 0.341 e. The molecule has 110 valence electrons. The molecule has 0 saturated carbocycles. The van der Waals surface area contributed by atoms with Crippen LogP contribution in [0.25, 0.3) is 0 Å². The average molecular weight is 285 g/mol. The van der Waals surface area contributed by atoms with Crippen LogP contribution in [0.1, 0.15) is 47.8 Å². The van der Waals surface area contributed by atoms with Crippen LogP contribution in [-0.2, 0) is 17.6 Å². The fourth-order valence-electron chi connectivity index (χ4n) is 2.02. The van der Waals surface area contributed by atoms with Crippen molar-refractivity contribution in [3.8, 4) is 0 Å². The Morgan fingerprint density at radius 1 is 1.24 bits per heavy atom. The van der Waals surface area contributed by atoms with E-state index >= 15 is 0 Å². The number of rotatable bonds is 6. The summed E-state index contributed by atoms with van der Waals surface area (Å²) in [6.45, 7) is 4.18. The zero-order chi connectivity index (χ0) is 15.1. The monoisotopic (exact) mass is 285 g/mol. The van der Waals surface area contributed by atoms with Crippen molar-refractivity contribution in [3.05, 3.63) is 53.4 Å². The van der Waals surface area contributed by atoms with E-state index in [2.05, 4.69) is 21.9 Å². The highest BCUT2D eigenvalue weighted by molar-refractivity contribution is 5.90. The molecule has 0 bridgehead atoms. The van der Waals surface area contributed by atoms with Crippen molar-refractivity contribution in [2.45, 2.75) is 33.1 Å². The Morgan fingerprint density at radius 2 is 2.10 bits per heavy atom. The molecule has 0 atom stereocenters. The van der Waals surface area contributed by atoms with E-state index in [1.807, 2.05) is 18.2 Å². The molecule has 0 aliphatic heterocycles. The van der Waals surface area contributed by atoms with Crippen LogP contribution in [0.4, 0.5) is 0 Å². The lowest BCUT2D eigenvalue weighted by Gasteiger charge is -2.08. The normalized spacial score (nSPS) is 10.4. The van der Waals surface area contributed by atoms with Crippen molar-refractivity contribution in [1.29, 1.82) is 0 Å². The van der Waals surface area contributed by atoms with Crippen molar-refractivity contribution in [3.63, 3.8) is 0 Å². The molecule has 0 fully saturated rings. The molecule has 0 spiro atoms. The second kappa shape index (κ2) is 7.47. The predicted molar refractivity (Wildman–Crippen MR) is 79.0 cm³/mol. The van der Waals surface area contributed by atoms with Crippen LogP contribution in [0.2, 0.25) is 0 Å². The molecule has 21 heavy (non-hydrogen) atoms. The largest absolute Gasteiger partial charge is 0.462 e. The van der Waals surface area contributed by atoms with Crippen LogP contribution in [0, 0.1) is 0 Å². The van der Waals surface area contributed by atoms with Gasteiger partial charge in [0.25, 0.3) is 0 Å². The standard InChI is InChI=1S/C16H19N3O2/c1-3-7-14-13(16(20)21-4-2)11-18-15(19-14)10-12-8-5-6-9-17-12/h5-6,8-9,11H,3-4,7,10H2,1-2H3. The zero-order valence-corrected chi connectivity index (χ0v) is 12.4. The molecule has 0 saturated heterocycles. The van der Waals surface area contributed by atoms with Gasteiger partial charge in [-0.3, -0.25) is 4.98 Å². The van der Waals surface area contributed by atoms with Crippen LogP contribution in [0.15, 0.2) is 30.6 Å². The Bertz CT molecular complexity index is 600. The summed E-state index contributed by atoms with van der Waals surface area (Å²) in [4.78, 5) is 24.9. The second-order valence-electron chi connectivity index (χ2n) is 4.61. The van der Waals surface area contributed by atoms with Gasteiger partial charge in [-0.25, -0.2) is 14.8 Å². The minimum absolute atomic E-state index is 0.347. The Kier molecular flexibility index (Phi) is 5.37. The van der Waals surface area contributed by atoms with Crippen LogP contribution < -0.4 is 0 Å². The maximum absolute atomic E-state index is 11.9. The van der Waals surface area contributed by atoms with Gasteiger partial charge < -0.3 is 4.74 Å². The highest BCUT2D eigenvalue weighted by Gasteiger charge is 2.15. The van der Waals surface area contributed by atoms with Crippen molar-refractivity contribution in [2.24, 2.45) is 0 Å². The van der Waals surface area contributed by atoms with Crippen LogP contribution in [-0.4, -0.2) is 27.5 Å². The molecular weight excluding hydrogens is 266 g/mol. The van der Waals surface area contributed by atoms with E-state index in [1.54, 1.807) is 19.3 Å². The molecule has 0 N–H and O–H groups in total. The molecule has 0 aliphatic carbocycles. The second-order valence-corrected chi connectivity index (χ2v) is 4.61. The fraction of sp³-hybridized carbons (Fsp3) is 0.375. The van der Waals surface area contributed by atoms with Gasteiger partial charge >= 0.3 is 5.97 Å². The van der Waals surface area contributed by atoms with Gasteiger partial charge in [0.1, 0.15) is 5.82 Å². The summed E-state index contributed by atoms with van der Waals surface area (Å²) in [6.07, 6.45) is 5.50. The summed E-state index contributed by atoms with van der Waals surface area (Å²) in [6, 6.07) is 5.74. The molecule has 0 aromatic carbocycles. The molecule has 2 rings (SSSR count). The summed E-state index contributed by atoms with van der Waals surface area (Å²) in [5.41, 5.74) is 2.11. The molecule has 2 heterocycles. The summed E-state index contributed by atoms with van der Waals surface area (Å²) >= 11 is 0. The Morgan fingerprint density at radius 3 is 2.76 bits per heavy atom. The van der Waals surface area contributed by atoms with E-state index in [9.17, 15) is 4.79 Å². The molecule has 2 aromatic heterocycles. The molecule has 0 aliphatic rings. The van der Waals surface area contributed by atoms with Gasteiger partial charge in [-0.2, -0.15) is 0 Å². The highest BCUT2D eigenvalue weighted by Crippen LogP contribution is 2.12. The number of aryl methyl sites for hydroxylation is 1. The molecular formula is C16H19N3O2. The van der Waals surface area contributed by atoms with Crippen molar-refractivity contribution in [1.82, 2.24) is 15.0 Å². The molecule has 0 unspecified atom stereocenters. The summed E-state index contributed by atoms with van der Waals surface area (Å²) < 4.78 is 5.04. The van der Waals surface area contributed by atoms with Gasteiger partial charge in [0.05, 0.1) is 24.3 Å². The van der Waals surface area contributed by atoms with E-state index in [0.29, 0.717) is 24.4 Å². The molecule has 5 heteroatoms. The number of hydrogen-bond donors (Lipinski definition) is 0. The third kappa shape index (κ3) is 4.08. The lowest BCUT2D eigenvalue weighted by molar-refractivity contribution is 0.0524. The van der Waals surface area contributed by atoms with Gasteiger partial charge in [-0.15, -0.1) is 0 Å². The number of ether oxygens (including phenoxy) is 1. The van der Waals surface area contributed by atoms with E-state index in [1.165, 1.54) is 0 Å². The third-order valence-corrected chi connectivity index (χ3v) is 2.97. The first kappa shape index (κ1) is 15.1. The number of carbonyl (C=O) groups is 1. The first-order valence-corrected chi connectivity index (χ1v) is 7.16. The van der Waals surface area contributed by atoms with Gasteiger partial charge in [0, 0.05) is 18.1 Å². The topological polar surface area (TPSA) is 65.0 Å². The number of carbonyl (C=O) groups excluding carboxylic acids is 1. The first-order chi connectivity index (χ1) is 10.2. The highest BCUT2D eigenvalue weighted by atomic mass is 16.5. The summed E-state index contributed by atoms with van der Waals surface area (Å²) in [5, 5.41) is 0.